The molecule has 6 rings (SSSR count). The van der Waals surface area contributed by atoms with Crippen LogP contribution in [0.3, 0.4) is 0 Å². The topological polar surface area (TPSA) is 97.9 Å². The highest BCUT2D eigenvalue weighted by Crippen LogP contribution is 2.25. The third-order valence-electron chi connectivity index (χ3n) is 6.64. The van der Waals surface area contributed by atoms with E-state index >= 15 is 0 Å². The molecule has 0 aliphatic carbocycles. The summed E-state index contributed by atoms with van der Waals surface area (Å²) >= 11 is 1.19. The van der Waals surface area contributed by atoms with Gasteiger partial charge in [0.05, 0.1) is 17.8 Å². The maximum atomic E-state index is 12.6. The van der Waals surface area contributed by atoms with Crippen molar-refractivity contribution in [2.75, 3.05) is 19.6 Å². The number of likely N-dealkylation sites (tertiary alicyclic amines) is 1. The molecule has 0 bridgehead atoms. The number of pyridine rings is 3. The van der Waals surface area contributed by atoms with E-state index in [1.54, 1.807) is 16.7 Å². The number of aromatic nitrogens is 5. The molecule has 0 saturated carbocycles. The van der Waals surface area contributed by atoms with Gasteiger partial charge in [0.15, 0.2) is 5.65 Å². The van der Waals surface area contributed by atoms with Gasteiger partial charge in [-0.05, 0) is 49.7 Å². The minimum absolute atomic E-state index is 0.00432. The average Bonchev–Trinajstić information content (AvgIpc) is 3.43. The van der Waals surface area contributed by atoms with Gasteiger partial charge < -0.3 is 10.2 Å². The van der Waals surface area contributed by atoms with Gasteiger partial charge in [0.1, 0.15) is 11.2 Å². The molecule has 4 aromatic rings. The Morgan fingerprint density at radius 3 is 2.72 bits per heavy atom. The van der Waals surface area contributed by atoms with Crippen molar-refractivity contribution in [2.24, 2.45) is 0 Å². The lowest BCUT2D eigenvalue weighted by Gasteiger charge is -2.34. The fraction of sp³-hybridized carbons (Fsp3) is 0.409. The molecule has 1 unspecified atom stereocenters. The standard InChI is InChI=1S/C22H23N7O2S/c30-19-3-1-15-2-4-20(31)29-17(13-28(19)22(15)29)12-27-7-5-16(6-8-27)23-10-14-9-18-21(24-11-14)26-32-25-18/h1-4,9,11,16-17,23H,5-8,10,12-13H2. The van der Waals surface area contributed by atoms with E-state index in [0.29, 0.717) is 18.2 Å². The number of fused-ring (bicyclic) bond motifs is 1. The lowest BCUT2D eigenvalue weighted by Crippen LogP contribution is -2.44. The number of piperidine rings is 1. The minimum Gasteiger partial charge on any atom is -0.310 e. The molecule has 0 radical (unpaired) electrons. The van der Waals surface area contributed by atoms with Crippen molar-refractivity contribution in [3.63, 3.8) is 0 Å². The fourth-order valence-electron chi connectivity index (χ4n) is 5.00. The molecule has 164 valence electrons. The molecule has 32 heavy (non-hydrogen) atoms. The summed E-state index contributed by atoms with van der Waals surface area (Å²) in [5.41, 5.74) is 3.37. The van der Waals surface area contributed by atoms with E-state index in [1.807, 2.05) is 29.0 Å². The first kappa shape index (κ1) is 19.7. The van der Waals surface area contributed by atoms with Gasteiger partial charge in [-0.3, -0.25) is 18.7 Å². The van der Waals surface area contributed by atoms with Crippen molar-refractivity contribution in [1.29, 1.82) is 0 Å². The van der Waals surface area contributed by atoms with Gasteiger partial charge in [0.2, 0.25) is 0 Å². The van der Waals surface area contributed by atoms with Crippen LogP contribution in [0.2, 0.25) is 0 Å². The quantitative estimate of drug-likeness (QED) is 0.491. The molecule has 9 nitrogen and oxygen atoms in total. The van der Waals surface area contributed by atoms with E-state index in [4.69, 9.17) is 0 Å². The Morgan fingerprint density at radius 2 is 1.88 bits per heavy atom. The Labute approximate surface area is 187 Å². The van der Waals surface area contributed by atoms with Gasteiger partial charge in [0, 0.05) is 49.4 Å². The molecular weight excluding hydrogens is 426 g/mol. The van der Waals surface area contributed by atoms with Crippen LogP contribution in [-0.2, 0) is 13.1 Å². The van der Waals surface area contributed by atoms with E-state index in [-0.39, 0.29) is 17.2 Å². The summed E-state index contributed by atoms with van der Waals surface area (Å²) in [6.45, 7) is 4.05. The van der Waals surface area contributed by atoms with Crippen LogP contribution in [-0.4, -0.2) is 53.4 Å². The third kappa shape index (κ3) is 3.44. The summed E-state index contributed by atoms with van der Waals surface area (Å²) in [6.07, 6.45) is 3.96. The molecule has 0 amide bonds. The Bertz CT molecular complexity index is 1410. The molecule has 2 aliphatic rings. The highest BCUT2D eigenvalue weighted by Gasteiger charge is 2.29. The SMILES string of the molecule is O=c1ccc2ccc(=O)n3c2n1CC3CN1CCC(NCc2cnc3nsnc3c2)CC1. The van der Waals surface area contributed by atoms with Crippen LogP contribution < -0.4 is 16.4 Å². The number of nitrogens with one attached hydrogen (secondary N) is 1. The molecule has 1 fully saturated rings. The van der Waals surface area contributed by atoms with Crippen LogP contribution in [0.25, 0.3) is 22.2 Å². The molecule has 1 saturated heterocycles. The third-order valence-corrected chi connectivity index (χ3v) is 7.17. The van der Waals surface area contributed by atoms with Gasteiger partial charge in [-0.1, -0.05) is 0 Å². The van der Waals surface area contributed by atoms with Crippen LogP contribution in [0.5, 0.6) is 0 Å². The van der Waals surface area contributed by atoms with Gasteiger partial charge >= 0.3 is 0 Å². The number of rotatable bonds is 5. The number of hydrogen-bond donors (Lipinski definition) is 1. The molecule has 1 N–H and O–H groups in total. The second kappa shape index (κ2) is 7.88. The van der Waals surface area contributed by atoms with Crippen LogP contribution in [0, 0.1) is 0 Å². The van der Waals surface area contributed by atoms with E-state index in [2.05, 4.69) is 23.9 Å². The predicted molar refractivity (Wildman–Crippen MR) is 123 cm³/mol. The minimum atomic E-state index is -0.0385. The van der Waals surface area contributed by atoms with Crippen LogP contribution in [0.4, 0.5) is 0 Å². The summed E-state index contributed by atoms with van der Waals surface area (Å²) in [7, 11) is 0. The van der Waals surface area contributed by atoms with Crippen molar-refractivity contribution < 1.29 is 0 Å². The van der Waals surface area contributed by atoms with E-state index in [1.165, 1.54) is 11.7 Å². The monoisotopic (exact) mass is 449 g/mol. The molecule has 6 heterocycles. The van der Waals surface area contributed by atoms with Crippen molar-refractivity contribution in [2.45, 2.75) is 38.0 Å². The average molecular weight is 450 g/mol. The molecule has 2 aliphatic heterocycles. The van der Waals surface area contributed by atoms with Crippen molar-refractivity contribution >= 4 is 33.9 Å². The molecule has 10 heteroatoms. The zero-order valence-electron chi connectivity index (χ0n) is 17.5. The van der Waals surface area contributed by atoms with Crippen LogP contribution >= 0.6 is 11.7 Å². The van der Waals surface area contributed by atoms with Crippen molar-refractivity contribution in [3.8, 4) is 0 Å². The Hall–Kier alpha value is -2.95. The molecule has 1 atom stereocenters. The van der Waals surface area contributed by atoms with Gasteiger partial charge in [0.25, 0.3) is 11.1 Å². The summed E-state index contributed by atoms with van der Waals surface area (Å²) in [5.74, 6) is 0. The summed E-state index contributed by atoms with van der Waals surface area (Å²) in [4.78, 5) is 31.7. The summed E-state index contributed by atoms with van der Waals surface area (Å²) in [6, 6.07) is 9.31. The summed E-state index contributed by atoms with van der Waals surface area (Å²) in [5, 5.41) is 4.58. The Kier molecular flexibility index (Phi) is 4.85. The lowest BCUT2D eigenvalue weighted by molar-refractivity contribution is 0.171. The van der Waals surface area contributed by atoms with E-state index < -0.39 is 0 Å². The van der Waals surface area contributed by atoms with Gasteiger partial charge in [-0.2, -0.15) is 8.75 Å². The zero-order valence-corrected chi connectivity index (χ0v) is 18.3. The fourth-order valence-corrected chi connectivity index (χ4v) is 5.48. The maximum Gasteiger partial charge on any atom is 0.252 e. The second-order valence-corrected chi connectivity index (χ2v) is 9.19. The molecule has 0 spiro atoms. The van der Waals surface area contributed by atoms with Crippen molar-refractivity contribution in [1.82, 2.24) is 33.1 Å². The molecule has 4 aromatic heterocycles. The lowest BCUT2D eigenvalue weighted by atomic mass is 10.0. The smallest absolute Gasteiger partial charge is 0.252 e. The zero-order chi connectivity index (χ0) is 21.7. The highest BCUT2D eigenvalue weighted by atomic mass is 32.1. The molecule has 0 aromatic carbocycles. The number of nitrogens with zero attached hydrogens (tertiary/aromatic N) is 6. The van der Waals surface area contributed by atoms with Gasteiger partial charge in [-0.25, -0.2) is 4.98 Å². The summed E-state index contributed by atoms with van der Waals surface area (Å²) < 4.78 is 12.0. The van der Waals surface area contributed by atoms with Crippen molar-refractivity contribution in [3.05, 3.63) is 62.8 Å². The first-order chi connectivity index (χ1) is 15.7. The Morgan fingerprint density at radius 1 is 1.06 bits per heavy atom. The number of hydrogen-bond acceptors (Lipinski definition) is 8. The van der Waals surface area contributed by atoms with E-state index in [9.17, 15) is 9.59 Å². The normalized spacial score (nSPS) is 19.3. The Balaban J connectivity index is 1.08. The second-order valence-electron chi connectivity index (χ2n) is 8.66. The first-order valence-corrected chi connectivity index (χ1v) is 11.7. The highest BCUT2D eigenvalue weighted by molar-refractivity contribution is 7.00. The van der Waals surface area contributed by atoms with Gasteiger partial charge in [-0.15, -0.1) is 0 Å². The maximum absolute atomic E-state index is 12.6. The predicted octanol–water partition coefficient (Wildman–Crippen LogP) is 1.37. The van der Waals surface area contributed by atoms with Crippen LogP contribution in [0.1, 0.15) is 24.4 Å². The molecular formula is C22H23N7O2S. The van der Waals surface area contributed by atoms with E-state index in [0.717, 1.165) is 61.1 Å². The van der Waals surface area contributed by atoms with Crippen LogP contribution in [0.15, 0.2) is 46.1 Å². The largest absolute Gasteiger partial charge is 0.310 e. The first-order valence-electron chi connectivity index (χ1n) is 10.9.